The van der Waals surface area contributed by atoms with E-state index in [1.807, 2.05) is 25.2 Å². The van der Waals surface area contributed by atoms with Gasteiger partial charge in [-0.1, -0.05) is 42.3 Å². The number of nitrogens with zero attached hydrogens (tertiary/aromatic N) is 2. The molecule has 1 atom stereocenters. The van der Waals surface area contributed by atoms with E-state index in [0.717, 1.165) is 27.9 Å². The smallest absolute Gasteiger partial charge is 0.139 e. The van der Waals surface area contributed by atoms with Crippen LogP contribution in [0.1, 0.15) is 24.1 Å². The first-order chi connectivity index (χ1) is 10.5. The number of benzene rings is 1. The van der Waals surface area contributed by atoms with E-state index in [4.69, 9.17) is 27.9 Å². The summed E-state index contributed by atoms with van der Waals surface area (Å²) in [5.41, 5.74) is 3.18. The van der Waals surface area contributed by atoms with Gasteiger partial charge in [0.05, 0.1) is 23.0 Å². The van der Waals surface area contributed by atoms with Crippen molar-refractivity contribution in [2.24, 2.45) is 7.05 Å². The number of aromatic nitrogens is 2. The van der Waals surface area contributed by atoms with Gasteiger partial charge in [0.1, 0.15) is 10.9 Å². The second kappa shape index (κ2) is 5.82. The van der Waals surface area contributed by atoms with Gasteiger partial charge in [0.2, 0.25) is 0 Å². The summed E-state index contributed by atoms with van der Waals surface area (Å²) in [7, 11) is 3.66. The van der Waals surface area contributed by atoms with Gasteiger partial charge in [-0.3, -0.25) is 0 Å². The number of methoxy groups -OCH3 is 1. The number of fused-ring (bicyclic) bond motifs is 1. The quantitative estimate of drug-likeness (QED) is 0.627. The van der Waals surface area contributed by atoms with E-state index in [0.29, 0.717) is 10.2 Å². The zero-order valence-corrected chi connectivity index (χ0v) is 14.1. The summed E-state index contributed by atoms with van der Waals surface area (Å²) >= 11 is 12.8. The number of halogens is 2. The largest absolute Gasteiger partial charge is 0.497 e. The predicted molar refractivity (Wildman–Crippen MR) is 91.2 cm³/mol. The van der Waals surface area contributed by atoms with E-state index in [2.05, 4.69) is 28.6 Å². The maximum Gasteiger partial charge on any atom is 0.139 e. The van der Waals surface area contributed by atoms with Gasteiger partial charge in [0.15, 0.2) is 0 Å². The normalized spacial score (nSPS) is 12.6. The Labute approximate surface area is 139 Å². The molecule has 1 aromatic carbocycles. The molecule has 0 bridgehead atoms. The van der Waals surface area contributed by atoms with Gasteiger partial charge >= 0.3 is 0 Å². The Kier molecular flexibility index (Phi) is 4.02. The van der Waals surface area contributed by atoms with Gasteiger partial charge in [-0.2, -0.15) is 0 Å². The lowest BCUT2D eigenvalue weighted by molar-refractivity contribution is 0.414. The van der Waals surface area contributed by atoms with Crippen LogP contribution in [0.5, 0.6) is 5.75 Å². The van der Waals surface area contributed by atoms with E-state index in [-0.39, 0.29) is 5.92 Å². The molecule has 3 aromatic rings. The lowest BCUT2D eigenvalue weighted by atomic mass is 9.97. The molecular weight excluding hydrogens is 319 g/mol. The van der Waals surface area contributed by atoms with Crippen molar-refractivity contribution in [1.82, 2.24) is 9.55 Å². The summed E-state index contributed by atoms with van der Waals surface area (Å²) in [6.07, 6.45) is 1.70. The number of hydrogen-bond donors (Lipinski definition) is 0. The van der Waals surface area contributed by atoms with E-state index in [1.165, 1.54) is 0 Å². The minimum Gasteiger partial charge on any atom is -0.497 e. The molecule has 3 rings (SSSR count). The highest BCUT2D eigenvalue weighted by atomic mass is 35.5. The van der Waals surface area contributed by atoms with Crippen LogP contribution in [0.25, 0.3) is 10.9 Å². The zero-order valence-electron chi connectivity index (χ0n) is 12.6. The molecule has 0 unspecified atom stereocenters. The molecule has 0 radical (unpaired) electrons. The van der Waals surface area contributed by atoms with Crippen LogP contribution in [0.15, 0.2) is 36.5 Å². The van der Waals surface area contributed by atoms with Crippen molar-refractivity contribution in [3.8, 4) is 5.75 Å². The molecule has 0 saturated heterocycles. The van der Waals surface area contributed by atoms with Crippen LogP contribution in [-0.2, 0) is 7.05 Å². The fourth-order valence-electron chi connectivity index (χ4n) is 2.85. The van der Waals surface area contributed by atoms with Gasteiger partial charge in [-0.05, 0) is 23.8 Å². The van der Waals surface area contributed by atoms with Crippen LogP contribution in [0, 0.1) is 0 Å². The maximum absolute atomic E-state index is 6.60. The van der Waals surface area contributed by atoms with E-state index >= 15 is 0 Å². The summed E-state index contributed by atoms with van der Waals surface area (Å²) in [5, 5.41) is 1.91. The first kappa shape index (κ1) is 15.2. The third-order valence-corrected chi connectivity index (χ3v) is 4.74. The Bertz CT molecular complexity index is 825. The standard InChI is InChI=1S/C17H16Cl2N2O/c1-10(11-4-6-12(22-3)7-5-11)16-15(18)14-13(21(16)2)8-9-20-17(14)19/h4-10H,1-3H3/t10-/m1/s1. The Morgan fingerprint density at radius 1 is 1.14 bits per heavy atom. The molecule has 0 aliphatic carbocycles. The molecule has 22 heavy (non-hydrogen) atoms. The zero-order chi connectivity index (χ0) is 15.9. The van der Waals surface area contributed by atoms with Crippen molar-refractivity contribution in [3.63, 3.8) is 0 Å². The first-order valence-electron chi connectivity index (χ1n) is 6.96. The summed E-state index contributed by atoms with van der Waals surface area (Å²) in [4.78, 5) is 4.13. The third kappa shape index (κ3) is 2.34. The minimum atomic E-state index is 0.131. The molecule has 0 amide bonds. The molecule has 0 spiro atoms. The second-order valence-corrected chi connectivity index (χ2v) is 5.98. The SMILES string of the molecule is COc1ccc([C@@H](C)c2c(Cl)c3c(Cl)nccc3n2C)cc1. The number of ether oxygens (including phenoxy) is 1. The number of hydrogen-bond acceptors (Lipinski definition) is 2. The van der Waals surface area contributed by atoms with Crippen molar-refractivity contribution in [3.05, 3.63) is 58.0 Å². The Hall–Kier alpha value is -1.71. The van der Waals surface area contributed by atoms with E-state index < -0.39 is 0 Å². The first-order valence-corrected chi connectivity index (χ1v) is 7.72. The van der Waals surface area contributed by atoms with Gasteiger partial charge < -0.3 is 9.30 Å². The summed E-state index contributed by atoms with van der Waals surface area (Å²) in [5.74, 6) is 0.971. The predicted octanol–water partition coefficient (Wildman–Crippen LogP) is 5.04. The number of pyridine rings is 1. The molecule has 114 valence electrons. The van der Waals surface area contributed by atoms with Crippen LogP contribution < -0.4 is 4.74 Å². The van der Waals surface area contributed by atoms with Crippen LogP contribution >= 0.6 is 23.2 Å². The molecule has 0 fully saturated rings. The van der Waals surface area contributed by atoms with Crippen molar-refractivity contribution >= 4 is 34.1 Å². The van der Waals surface area contributed by atoms with Crippen LogP contribution in [0.4, 0.5) is 0 Å². The molecule has 5 heteroatoms. The van der Waals surface area contributed by atoms with Crippen molar-refractivity contribution in [2.75, 3.05) is 7.11 Å². The Balaban J connectivity index is 2.14. The molecule has 0 N–H and O–H groups in total. The average molecular weight is 335 g/mol. The van der Waals surface area contributed by atoms with Crippen LogP contribution in [0.2, 0.25) is 10.2 Å². The average Bonchev–Trinajstić information content (AvgIpc) is 2.79. The van der Waals surface area contributed by atoms with Crippen molar-refractivity contribution in [1.29, 1.82) is 0 Å². The van der Waals surface area contributed by atoms with Crippen LogP contribution in [0.3, 0.4) is 0 Å². The van der Waals surface area contributed by atoms with Crippen LogP contribution in [-0.4, -0.2) is 16.7 Å². The highest BCUT2D eigenvalue weighted by Crippen LogP contribution is 2.39. The molecule has 2 aromatic heterocycles. The Morgan fingerprint density at radius 2 is 1.82 bits per heavy atom. The number of rotatable bonds is 3. The lowest BCUT2D eigenvalue weighted by Crippen LogP contribution is -2.03. The summed E-state index contributed by atoms with van der Waals surface area (Å²) < 4.78 is 7.29. The maximum atomic E-state index is 6.60. The highest BCUT2D eigenvalue weighted by Gasteiger charge is 2.22. The van der Waals surface area contributed by atoms with Gasteiger partial charge in [0.25, 0.3) is 0 Å². The Morgan fingerprint density at radius 3 is 2.41 bits per heavy atom. The highest BCUT2D eigenvalue weighted by molar-refractivity contribution is 6.42. The topological polar surface area (TPSA) is 27.1 Å². The molecule has 0 aliphatic rings. The summed E-state index contributed by atoms with van der Waals surface area (Å²) in [6.45, 7) is 2.13. The molecule has 0 saturated carbocycles. The van der Waals surface area contributed by atoms with E-state index in [1.54, 1.807) is 13.3 Å². The molecule has 0 aliphatic heterocycles. The molecule has 3 nitrogen and oxygen atoms in total. The monoisotopic (exact) mass is 334 g/mol. The molecular formula is C17H16Cl2N2O. The van der Waals surface area contributed by atoms with Crippen molar-refractivity contribution in [2.45, 2.75) is 12.8 Å². The minimum absolute atomic E-state index is 0.131. The van der Waals surface area contributed by atoms with E-state index in [9.17, 15) is 0 Å². The van der Waals surface area contributed by atoms with Gasteiger partial charge in [0, 0.05) is 24.9 Å². The van der Waals surface area contributed by atoms with Gasteiger partial charge in [-0.15, -0.1) is 0 Å². The third-order valence-electron chi connectivity index (χ3n) is 4.08. The van der Waals surface area contributed by atoms with Crippen molar-refractivity contribution < 1.29 is 4.74 Å². The fourth-order valence-corrected chi connectivity index (χ4v) is 3.62. The summed E-state index contributed by atoms with van der Waals surface area (Å²) in [6, 6.07) is 9.94. The lowest BCUT2D eigenvalue weighted by Gasteiger charge is -2.15. The van der Waals surface area contributed by atoms with Gasteiger partial charge in [-0.25, -0.2) is 4.98 Å². The molecule has 2 heterocycles. The fraction of sp³-hybridized carbons (Fsp3) is 0.235. The number of aryl methyl sites for hydroxylation is 1. The second-order valence-electron chi connectivity index (χ2n) is 5.25.